The molecule has 4 aromatic rings. The van der Waals surface area contributed by atoms with Crippen LogP contribution in [0.15, 0.2) is 48.7 Å². The Hall–Kier alpha value is -2.68. The molecular formula is C19H15FN2. The zero-order valence-corrected chi connectivity index (χ0v) is 12.4. The summed E-state index contributed by atoms with van der Waals surface area (Å²) in [6.07, 6.45) is 1.82. The van der Waals surface area contributed by atoms with Gasteiger partial charge in [-0.05, 0) is 49.2 Å². The van der Waals surface area contributed by atoms with E-state index >= 15 is 0 Å². The van der Waals surface area contributed by atoms with Crippen molar-refractivity contribution in [3.63, 3.8) is 0 Å². The van der Waals surface area contributed by atoms with E-state index in [9.17, 15) is 4.39 Å². The van der Waals surface area contributed by atoms with Gasteiger partial charge in [-0.3, -0.25) is 4.98 Å². The molecule has 2 heterocycles. The molecule has 0 saturated heterocycles. The molecule has 0 aliphatic carbocycles. The molecular weight excluding hydrogens is 275 g/mol. The average Bonchev–Trinajstić information content (AvgIpc) is 2.82. The molecule has 0 unspecified atom stereocenters. The highest BCUT2D eigenvalue weighted by molar-refractivity contribution is 6.05. The minimum absolute atomic E-state index is 0.220. The van der Waals surface area contributed by atoms with Crippen LogP contribution in [0.25, 0.3) is 32.9 Å². The number of halogens is 1. The molecule has 0 amide bonds. The molecule has 1 N–H and O–H groups in total. The standard InChI is InChI=1S/C19H15FN2/c1-11-4-3-5-15-14(8-9-21-19(11)15)18-12(2)22-17-7-6-13(20)10-16(17)18/h3-10,22H,1-2H3. The molecule has 0 bridgehead atoms. The van der Waals surface area contributed by atoms with Crippen LogP contribution >= 0.6 is 0 Å². The fraction of sp³-hybridized carbons (Fsp3) is 0.105. The molecule has 108 valence electrons. The van der Waals surface area contributed by atoms with E-state index in [0.717, 1.165) is 44.2 Å². The van der Waals surface area contributed by atoms with Gasteiger partial charge in [-0.25, -0.2) is 4.39 Å². The maximum Gasteiger partial charge on any atom is 0.123 e. The van der Waals surface area contributed by atoms with Gasteiger partial charge in [0.1, 0.15) is 5.82 Å². The summed E-state index contributed by atoms with van der Waals surface area (Å²) < 4.78 is 13.7. The molecule has 2 aromatic carbocycles. The molecule has 3 heteroatoms. The lowest BCUT2D eigenvalue weighted by atomic mass is 9.97. The van der Waals surface area contributed by atoms with E-state index in [-0.39, 0.29) is 5.82 Å². The van der Waals surface area contributed by atoms with Crippen molar-refractivity contribution in [2.24, 2.45) is 0 Å². The van der Waals surface area contributed by atoms with E-state index in [1.54, 1.807) is 12.1 Å². The van der Waals surface area contributed by atoms with E-state index in [4.69, 9.17) is 0 Å². The van der Waals surface area contributed by atoms with E-state index in [0.29, 0.717) is 0 Å². The molecule has 0 aliphatic heterocycles. The number of H-pyrrole nitrogens is 1. The van der Waals surface area contributed by atoms with Gasteiger partial charge < -0.3 is 4.98 Å². The number of pyridine rings is 1. The van der Waals surface area contributed by atoms with E-state index < -0.39 is 0 Å². The third-order valence-electron chi connectivity index (χ3n) is 4.19. The molecule has 0 atom stereocenters. The van der Waals surface area contributed by atoms with E-state index in [2.05, 4.69) is 29.0 Å². The first-order valence-corrected chi connectivity index (χ1v) is 7.27. The van der Waals surface area contributed by atoms with Crippen LogP contribution in [0.3, 0.4) is 0 Å². The first-order chi connectivity index (χ1) is 10.6. The predicted octanol–water partition coefficient (Wildman–Crippen LogP) is 5.14. The summed E-state index contributed by atoms with van der Waals surface area (Å²) in [6, 6.07) is 13.0. The normalized spacial score (nSPS) is 11.4. The van der Waals surface area contributed by atoms with Crippen LogP contribution in [0.1, 0.15) is 11.3 Å². The van der Waals surface area contributed by atoms with Gasteiger partial charge in [0.25, 0.3) is 0 Å². The van der Waals surface area contributed by atoms with Crippen LogP contribution in [-0.4, -0.2) is 9.97 Å². The second-order valence-electron chi connectivity index (χ2n) is 5.64. The van der Waals surface area contributed by atoms with E-state index in [1.165, 1.54) is 6.07 Å². The second kappa shape index (κ2) is 4.67. The number of rotatable bonds is 1. The Bertz CT molecular complexity index is 1010. The highest BCUT2D eigenvalue weighted by atomic mass is 19.1. The summed E-state index contributed by atoms with van der Waals surface area (Å²) in [6.45, 7) is 4.08. The number of nitrogens with zero attached hydrogens (tertiary/aromatic N) is 1. The quantitative estimate of drug-likeness (QED) is 0.516. The van der Waals surface area contributed by atoms with Crippen molar-refractivity contribution in [1.82, 2.24) is 9.97 Å². The zero-order chi connectivity index (χ0) is 15.3. The lowest BCUT2D eigenvalue weighted by molar-refractivity contribution is 0.630. The fourth-order valence-corrected chi connectivity index (χ4v) is 3.19. The maximum absolute atomic E-state index is 13.7. The van der Waals surface area contributed by atoms with Gasteiger partial charge in [0.2, 0.25) is 0 Å². The molecule has 2 aromatic heterocycles. The summed E-state index contributed by atoms with van der Waals surface area (Å²) >= 11 is 0. The third kappa shape index (κ3) is 1.82. The Labute approximate surface area is 127 Å². The van der Waals surface area contributed by atoms with Gasteiger partial charge >= 0.3 is 0 Å². The number of hydrogen-bond donors (Lipinski definition) is 1. The second-order valence-corrected chi connectivity index (χ2v) is 5.64. The SMILES string of the molecule is Cc1[nH]c2ccc(F)cc2c1-c1ccnc2c(C)cccc12. The van der Waals surface area contributed by atoms with Gasteiger partial charge in [-0.15, -0.1) is 0 Å². The largest absolute Gasteiger partial charge is 0.358 e. The minimum Gasteiger partial charge on any atom is -0.358 e. The van der Waals surface area contributed by atoms with Crippen LogP contribution in [0, 0.1) is 19.7 Å². The molecule has 0 spiro atoms. The van der Waals surface area contributed by atoms with Gasteiger partial charge in [-0.2, -0.15) is 0 Å². The molecule has 0 saturated carbocycles. The number of aromatic amines is 1. The number of aromatic nitrogens is 2. The number of nitrogens with one attached hydrogen (secondary N) is 1. The molecule has 4 rings (SSSR count). The lowest BCUT2D eigenvalue weighted by Crippen LogP contribution is -1.88. The Morgan fingerprint density at radius 2 is 1.86 bits per heavy atom. The van der Waals surface area contributed by atoms with Crippen molar-refractivity contribution in [3.05, 3.63) is 65.7 Å². The summed E-state index contributed by atoms with van der Waals surface area (Å²) in [4.78, 5) is 7.84. The summed E-state index contributed by atoms with van der Waals surface area (Å²) in [5.41, 5.74) is 6.25. The van der Waals surface area contributed by atoms with Crippen LogP contribution < -0.4 is 0 Å². The molecule has 0 aliphatic rings. The lowest BCUT2D eigenvalue weighted by Gasteiger charge is -2.08. The average molecular weight is 290 g/mol. The van der Waals surface area contributed by atoms with Crippen LogP contribution in [0.5, 0.6) is 0 Å². The number of fused-ring (bicyclic) bond motifs is 2. The smallest absolute Gasteiger partial charge is 0.123 e. The highest BCUT2D eigenvalue weighted by Crippen LogP contribution is 2.36. The van der Waals surface area contributed by atoms with Crippen molar-refractivity contribution in [3.8, 4) is 11.1 Å². The highest BCUT2D eigenvalue weighted by Gasteiger charge is 2.14. The van der Waals surface area contributed by atoms with Crippen molar-refractivity contribution in [2.45, 2.75) is 13.8 Å². The Kier molecular flexibility index (Phi) is 2.76. The summed E-state index contributed by atoms with van der Waals surface area (Å²) in [5, 5.41) is 2.00. The van der Waals surface area contributed by atoms with Crippen LogP contribution in [-0.2, 0) is 0 Å². The fourth-order valence-electron chi connectivity index (χ4n) is 3.19. The van der Waals surface area contributed by atoms with Crippen molar-refractivity contribution < 1.29 is 4.39 Å². The molecule has 2 nitrogen and oxygen atoms in total. The predicted molar refractivity (Wildman–Crippen MR) is 88.5 cm³/mol. The number of benzene rings is 2. The third-order valence-corrected chi connectivity index (χ3v) is 4.19. The van der Waals surface area contributed by atoms with Crippen LogP contribution in [0.4, 0.5) is 4.39 Å². The minimum atomic E-state index is -0.220. The van der Waals surface area contributed by atoms with Gasteiger partial charge in [0, 0.05) is 33.7 Å². The topological polar surface area (TPSA) is 28.7 Å². The first-order valence-electron chi connectivity index (χ1n) is 7.27. The van der Waals surface area contributed by atoms with Crippen molar-refractivity contribution in [2.75, 3.05) is 0 Å². The Balaban J connectivity index is 2.14. The molecule has 22 heavy (non-hydrogen) atoms. The van der Waals surface area contributed by atoms with Crippen molar-refractivity contribution in [1.29, 1.82) is 0 Å². The Morgan fingerprint density at radius 3 is 2.73 bits per heavy atom. The zero-order valence-electron chi connectivity index (χ0n) is 12.4. The van der Waals surface area contributed by atoms with Gasteiger partial charge in [0.05, 0.1) is 5.52 Å². The number of hydrogen-bond acceptors (Lipinski definition) is 1. The summed E-state index contributed by atoms with van der Waals surface area (Å²) in [5.74, 6) is -0.220. The monoisotopic (exact) mass is 290 g/mol. The maximum atomic E-state index is 13.7. The molecule has 0 radical (unpaired) electrons. The first kappa shape index (κ1) is 13.0. The van der Waals surface area contributed by atoms with Gasteiger partial charge in [0.15, 0.2) is 0 Å². The summed E-state index contributed by atoms with van der Waals surface area (Å²) in [7, 11) is 0. The van der Waals surface area contributed by atoms with E-state index in [1.807, 2.05) is 25.3 Å². The Morgan fingerprint density at radius 1 is 1.00 bits per heavy atom. The number of aryl methyl sites for hydroxylation is 2. The van der Waals surface area contributed by atoms with Crippen molar-refractivity contribution >= 4 is 21.8 Å². The molecule has 0 fully saturated rings. The number of para-hydroxylation sites is 1. The van der Waals surface area contributed by atoms with Gasteiger partial charge in [-0.1, -0.05) is 18.2 Å². The van der Waals surface area contributed by atoms with Crippen LogP contribution in [0.2, 0.25) is 0 Å².